The van der Waals surface area contributed by atoms with E-state index in [1.807, 2.05) is 71.4 Å². The number of nitrogens with zero attached hydrogens (tertiary/aromatic N) is 6. The Hall–Kier alpha value is -5.57. The maximum atomic E-state index is 5.72. The van der Waals surface area contributed by atoms with Crippen molar-refractivity contribution in [2.75, 3.05) is 43.4 Å². The van der Waals surface area contributed by atoms with E-state index in [1.54, 1.807) is 14.2 Å². The molecule has 1 atom stereocenters. The van der Waals surface area contributed by atoms with E-state index in [0.717, 1.165) is 51.1 Å². The molecule has 0 radical (unpaired) electrons. The number of fused-ring (bicyclic) bond motifs is 4. The second kappa shape index (κ2) is 10.9. The van der Waals surface area contributed by atoms with Gasteiger partial charge in [0.2, 0.25) is 0 Å². The number of para-hydroxylation sites is 3. The maximum absolute atomic E-state index is 5.72. The molecule has 0 aliphatic carbocycles. The lowest BCUT2D eigenvalue weighted by atomic mass is 9.93. The van der Waals surface area contributed by atoms with Crippen molar-refractivity contribution in [3.63, 3.8) is 0 Å². The van der Waals surface area contributed by atoms with Crippen molar-refractivity contribution in [3.8, 4) is 17.2 Å². The van der Waals surface area contributed by atoms with Crippen LogP contribution >= 0.6 is 0 Å². The molecule has 0 saturated carbocycles. The SMILES string of the molecule is COc1ccc(NC2=Nc3ccccc3N3C2=Nc2c(c(C)nn2-c2ccccc2)[C@H]3c2ccc(N(C)C)cc2)c(OC)c1. The molecule has 0 amide bonds. The Bertz CT molecular complexity index is 1910. The number of anilines is 3. The third-order valence-corrected chi connectivity index (χ3v) is 8.03. The number of hydrogen-bond acceptors (Lipinski definition) is 8. The van der Waals surface area contributed by atoms with E-state index in [4.69, 9.17) is 24.6 Å². The minimum Gasteiger partial charge on any atom is -0.497 e. The number of methoxy groups -OCH3 is 2. The van der Waals surface area contributed by atoms with Crippen molar-refractivity contribution in [3.05, 3.63) is 114 Å². The van der Waals surface area contributed by atoms with Gasteiger partial charge in [0.05, 0.1) is 48.7 Å². The van der Waals surface area contributed by atoms with Gasteiger partial charge in [-0.3, -0.25) is 0 Å². The molecule has 7 rings (SSSR count). The highest BCUT2D eigenvalue weighted by molar-refractivity contribution is 6.51. The smallest absolute Gasteiger partial charge is 0.179 e. The molecule has 44 heavy (non-hydrogen) atoms. The van der Waals surface area contributed by atoms with Crippen molar-refractivity contribution in [2.24, 2.45) is 9.98 Å². The number of benzene rings is 4. The van der Waals surface area contributed by atoms with Crippen LogP contribution in [0.1, 0.15) is 22.9 Å². The summed E-state index contributed by atoms with van der Waals surface area (Å²) in [6.07, 6.45) is 0. The predicted octanol–water partition coefficient (Wildman–Crippen LogP) is 7.06. The van der Waals surface area contributed by atoms with Crippen LogP contribution in [0.25, 0.3) is 5.69 Å². The van der Waals surface area contributed by atoms with Gasteiger partial charge in [-0.05, 0) is 61.0 Å². The van der Waals surface area contributed by atoms with Gasteiger partial charge < -0.3 is 24.6 Å². The number of aryl methyl sites for hydroxylation is 1. The quantitative estimate of drug-likeness (QED) is 0.231. The molecule has 9 heteroatoms. The third kappa shape index (κ3) is 4.53. The molecule has 3 heterocycles. The first kappa shape index (κ1) is 27.3. The molecule has 2 aliphatic heterocycles. The second-order valence-electron chi connectivity index (χ2n) is 10.9. The van der Waals surface area contributed by atoms with E-state index in [1.165, 1.54) is 0 Å². The Kier molecular flexibility index (Phi) is 6.77. The molecule has 0 unspecified atom stereocenters. The van der Waals surface area contributed by atoms with Gasteiger partial charge in [-0.1, -0.05) is 42.5 Å². The van der Waals surface area contributed by atoms with Gasteiger partial charge in [-0.25, -0.2) is 14.7 Å². The molecule has 220 valence electrons. The van der Waals surface area contributed by atoms with Crippen molar-refractivity contribution < 1.29 is 9.47 Å². The molecular formula is C35H33N7O2. The van der Waals surface area contributed by atoms with Gasteiger partial charge in [0.15, 0.2) is 17.5 Å². The fourth-order valence-electron chi connectivity index (χ4n) is 5.85. The minimum atomic E-state index is -0.211. The van der Waals surface area contributed by atoms with Crippen LogP contribution in [0, 0.1) is 6.92 Å². The molecule has 1 N–H and O–H groups in total. The molecule has 1 aromatic heterocycles. The lowest BCUT2D eigenvalue weighted by molar-refractivity contribution is 0.395. The number of rotatable bonds is 6. The molecule has 4 aromatic carbocycles. The summed E-state index contributed by atoms with van der Waals surface area (Å²) >= 11 is 0. The van der Waals surface area contributed by atoms with E-state index in [2.05, 4.69) is 66.5 Å². The van der Waals surface area contributed by atoms with Crippen LogP contribution in [-0.4, -0.2) is 49.8 Å². The van der Waals surface area contributed by atoms with Gasteiger partial charge in [0.1, 0.15) is 11.5 Å². The highest BCUT2D eigenvalue weighted by atomic mass is 16.5. The van der Waals surface area contributed by atoms with E-state index >= 15 is 0 Å². The molecule has 5 aromatic rings. The Morgan fingerprint density at radius 2 is 1.57 bits per heavy atom. The van der Waals surface area contributed by atoms with Crippen LogP contribution in [0.2, 0.25) is 0 Å². The number of ether oxygens (including phenoxy) is 2. The summed E-state index contributed by atoms with van der Waals surface area (Å²) in [5, 5.41) is 8.58. The molecular weight excluding hydrogens is 550 g/mol. The average molecular weight is 584 g/mol. The normalized spacial score (nSPS) is 14.9. The summed E-state index contributed by atoms with van der Waals surface area (Å²) in [4.78, 5) is 14.8. The van der Waals surface area contributed by atoms with E-state index in [9.17, 15) is 0 Å². The summed E-state index contributed by atoms with van der Waals surface area (Å²) in [7, 11) is 7.38. The van der Waals surface area contributed by atoms with Gasteiger partial charge in [-0.15, -0.1) is 0 Å². The number of aliphatic imine (C=N–C) groups is 2. The highest BCUT2D eigenvalue weighted by Gasteiger charge is 2.41. The zero-order chi connectivity index (χ0) is 30.4. The van der Waals surface area contributed by atoms with Gasteiger partial charge in [-0.2, -0.15) is 5.10 Å². The topological polar surface area (TPSA) is 79.5 Å². The van der Waals surface area contributed by atoms with E-state index in [0.29, 0.717) is 23.2 Å². The molecule has 0 bridgehead atoms. The number of nitrogens with one attached hydrogen (secondary N) is 1. The number of amidine groups is 2. The van der Waals surface area contributed by atoms with Crippen LogP contribution in [0.5, 0.6) is 11.5 Å². The molecule has 2 aliphatic rings. The first-order chi connectivity index (χ1) is 21.5. The number of aromatic nitrogens is 2. The zero-order valence-corrected chi connectivity index (χ0v) is 25.3. The fraction of sp³-hybridized carbons (Fsp3) is 0.171. The van der Waals surface area contributed by atoms with Gasteiger partial charge in [0.25, 0.3) is 0 Å². The molecule has 9 nitrogen and oxygen atoms in total. The first-order valence-corrected chi connectivity index (χ1v) is 14.4. The van der Waals surface area contributed by atoms with E-state index in [-0.39, 0.29) is 6.04 Å². The predicted molar refractivity (Wildman–Crippen MR) is 177 cm³/mol. The van der Waals surface area contributed by atoms with Crippen LogP contribution < -0.4 is 24.6 Å². The van der Waals surface area contributed by atoms with Crippen LogP contribution in [0.4, 0.5) is 28.6 Å². The molecule has 0 saturated heterocycles. The maximum Gasteiger partial charge on any atom is 0.179 e. The van der Waals surface area contributed by atoms with Crippen molar-refractivity contribution in [1.82, 2.24) is 9.78 Å². The highest BCUT2D eigenvalue weighted by Crippen LogP contribution is 2.48. The van der Waals surface area contributed by atoms with Crippen molar-refractivity contribution in [2.45, 2.75) is 13.0 Å². The fourth-order valence-corrected chi connectivity index (χ4v) is 5.85. The van der Waals surface area contributed by atoms with Gasteiger partial charge >= 0.3 is 0 Å². The second-order valence-corrected chi connectivity index (χ2v) is 10.9. The Balaban J connectivity index is 1.47. The number of hydrogen-bond donors (Lipinski definition) is 1. The minimum absolute atomic E-state index is 0.211. The van der Waals surface area contributed by atoms with Crippen LogP contribution in [-0.2, 0) is 0 Å². The van der Waals surface area contributed by atoms with Crippen LogP contribution in [0.3, 0.4) is 0 Å². The average Bonchev–Trinajstić information content (AvgIpc) is 3.40. The summed E-state index contributed by atoms with van der Waals surface area (Å²) in [6.45, 7) is 2.06. The Morgan fingerprint density at radius 1 is 0.818 bits per heavy atom. The summed E-state index contributed by atoms with van der Waals surface area (Å²) in [5.41, 5.74) is 7.72. The van der Waals surface area contributed by atoms with Gasteiger partial charge in [0, 0.05) is 31.4 Å². The molecule has 0 spiro atoms. The lowest BCUT2D eigenvalue weighted by Gasteiger charge is -2.40. The first-order valence-electron chi connectivity index (χ1n) is 14.4. The van der Waals surface area contributed by atoms with Crippen LogP contribution in [0.15, 0.2) is 107 Å². The molecule has 0 fully saturated rings. The Morgan fingerprint density at radius 3 is 2.30 bits per heavy atom. The standard InChI is InChI=1S/C35H33N7O2/c1-22-31-32(23-15-17-24(18-16-23)40(2)3)41-29-14-10-9-13-27(29)36-33(37-28-20-19-26(43-4)21-30(28)44-5)35(41)38-34(31)42(39-22)25-11-7-6-8-12-25/h6-21,32H,1-5H3,(H,36,37)/t32-/m1/s1. The monoisotopic (exact) mass is 583 g/mol. The largest absolute Gasteiger partial charge is 0.497 e. The zero-order valence-electron chi connectivity index (χ0n) is 25.3. The van der Waals surface area contributed by atoms with E-state index < -0.39 is 0 Å². The summed E-state index contributed by atoms with van der Waals surface area (Å²) < 4.78 is 13.1. The Labute approximate surface area is 256 Å². The summed E-state index contributed by atoms with van der Waals surface area (Å²) in [6, 6.07) is 32.5. The van der Waals surface area contributed by atoms with Crippen molar-refractivity contribution in [1.29, 1.82) is 0 Å². The van der Waals surface area contributed by atoms with Crippen molar-refractivity contribution >= 4 is 40.2 Å². The lowest BCUT2D eigenvalue weighted by Crippen LogP contribution is -2.46. The summed E-state index contributed by atoms with van der Waals surface area (Å²) in [5.74, 6) is 3.40. The third-order valence-electron chi connectivity index (χ3n) is 8.03.